The fourth-order valence-electron chi connectivity index (χ4n) is 3.64. The summed E-state index contributed by atoms with van der Waals surface area (Å²) in [6.45, 7) is 7.34. The zero-order valence-electron chi connectivity index (χ0n) is 13.7. The smallest absolute Gasteiger partial charge is 0.0897 e. The number of aliphatic hydroxyl groups is 1. The molecule has 0 aromatic carbocycles. The van der Waals surface area contributed by atoms with Crippen LogP contribution in [0, 0.1) is 11.8 Å². The quantitative estimate of drug-likeness (QED) is 0.722. The van der Waals surface area contributed by atoms with Gasteiger partial charge in [-0.15, -0.1) is 0 Å². The number of nitrogens with one attached hydrogen (secondary N) is 1. The molecule has 1 saturated carbocycles. The third-order valence-electron chi connectivity index (χ3n) is 5.07. The summed E-state index contributed by atoms with van der Waals surface area (Å²) in [5.74, 6) is 1.24. The van der Waals surface area contributed by atoms with Crippen molar-refractivity contribution in [2.24, 2.45) is 11.8 Å². The van der Waals surface area contributed by atoms with Gasteiger partial charge in [-0.2, -0.15) is 0 Å². The lowest BCUT2D eigenvalue weighted by Crippen LogP contribution is -2.37. The van der Waals surface area contributed by atoms with E-state index in [9.17, 15) is 5.11 Å². The Morgan fingerprint density at radius 1 is 1.29 bits per heavy atom. The second-order valence-corrected chi connectivity index (χ2v) is 6.81. The molecular weight excluding hydrogens is 266 g/mol. The summed E-state index contributed by atoms with van der Waals surface area (Å²) >= 11 is 0. The van der Waals surface area contributed by atoms with Crippen LogP contribution in [0.5, 0.6) is 0 Å². The van der Waals surface area contributed by atoms with Gasteiger partial charge in [0.05, 0.1) is 24.9 Å². The van der Waals surface area contributed by atoms with Gasteiger partial charge in [-0.25, -0.2) is 0 Å². The third kappa shape index (κ3) is 5.51. The van der Waals surface area contributed by atoms with Crippen molar-refractivity contribution in [1.29, 1.82) is 0 Å². The minimum atomic E-state index is -0.401. The topological polar surface area (TPSA) is 50.7 Å². The molecule has 4 nitrogen and oxygen atoms in total. The molecule has 2 N–H and O–H groups in total. The van der Waals surface area contributed by atoms with Crippen LogP contribution in [0.3, 0.4) is 0 Å². The van der Waals surface area contributed by atoms with E-state index in [0.717, 1.165) is 32.4 Å². The van der Waals surface area contributed by atoms with Gasteiger partial charge >= 0.3 is 0 Å². The first kappa shape index (κ1) is 17.2. The molecule has 4 heteroatoms. The first-order valence-corrected chi connectivity index (χ1v) is 8.82. The predicted molar refractivity (Wildman–Crippen MR) is 84.4 cm³/mol. The number of rotatable bonds is 8. The predicted octanol–water partition coefficient (Wildman–Crippen LogP) is 2.35. The van der Waals surface area contributed by atoms with Gasteiger partial charge in [-0.1, -0.05) is 26.7 Å². The normalized spacial score (nSPS) is 35.0. The van der Waals surface area contributed by atoms with Crippen molar-refractivity contribution >= 4 is 0 Å². The van der Waals surface area contributed by atoms with Gasteiger partial charge in [0.25, 0.3) is 0 Å². The Morgan fingerprint density at radius 3 is 2.86 bits per heavy atom. The highest BCUT2D eigenvalue weighted by atomic mass is 16.5. The Morgan fingerprint density at radius 2 is 2.10 bits per heavy atom. The molecule has 1 heterocycles. The lowest BCUT2D eigenvalue weighted by atomic mass is 9.88. The van der Waals surface area contributed by atoms with Crippen LogP contribution < -0.4 is 5.32 Å². The molecule has 2 aliphatic rings. The van der Waals surface area contributed by atoms with Crippen LogP contribution in [0.2, 0.25) is 0 Å². The van der Waals surface area contributed by atoms with Gasteiger partial charge in [-0.05, 0) is 37.5 Å². The van der Waals surface area contributed by atoms with Crippen LogP contribution >= 0.6 is 0 Å². The minimum Gasteiger partial charge on any atom is -0.389 e. The lowest BCUT2D eigenvalue weighted by Gasteiger charge is -2.29. The van der Waals surface area contributed by atoms with Crippen LogP contribution in [0.15, 0.2) is 0 Å². The van der Waals surface area contributed by atoms with Gasteiger partial charge in [0.2, 0.25) is 0 Å². The Labute approximate surface area is 129 Å². The number of hydrogen-bond donors (Lipinski definition) is 2. The average molecular weight is 299 g/mol. The lowest BCUT2D eigenvalue weighted by molar-refractivity contribution is -0.0453. The summed E-state index contributed by atoms with van der Waals surface area (Å²) in [7, 11) is 0. The van der Waals surface area contributed by atoms with Gasteiger partial charge in [0.1, 0.15) is 0 Å². The fourth-order valence-corrected chi connectivity index (χ4v) is 3.64. The standard InChI is InChI=1S/C17H33NO3/c1-3-16-14(8-9-20-16)10-18-11-15(19)12-21-17-7-5-4-6-13(17)2/h13-19H,3-12H2,1-2H3. The highest BCUT2D eigenvalue weighted by Gasteiger charge is 2.26. The van der Waals surface area contributed by atoms with Crippen molar-refractivity contribution in [1.82, 2.24) is 5.32 Å². The molecule has 21 heavy (non-hydrogen) atoms. The van der Waals surface area contributed by atoms with E-state index in [4.69, 9.17) is 9.47 Å². The van der Waals surface area contributed by atoms with Crippen molar-refractivity contribution < 1.29 is 14.6 Å². The summed E-state index contributed by atoms with van der Waals surface area (Å²) in [4.78, 5) is 0. The van der Waals surface area contributed by atoms with Gasteiger partial charge in [0, 0.05) is 19.7 Å². The molecule has 0 radical (unpaired) electrons. The zero-order chi connectivity index (χ0) is 15.1. The van der Waals surface area contributed by atoms with Crippen LogP contribution in [-0.2, 0) is 9.47 Å². The highest BCUT2D eigenvalue weighted by molar-refractivity contribution is 4.78. The summed E-state index contributed by atoms with van der Waals surface area (Å²) in [6, 6.07) is 0. The molecular formula is C17H33NO3. The summed E-state index contributed by atoms with van der Waals surface area (Å²) < 4.78 is 11.6. The van der Waals surface area contributed by atoms with E-state index in [-0.39, 0.29) is 0 Å². The van der Waals surface area contributed by atoms with E-state index in [1.54, 1.807) is 0 Å². The molecule has 0 spiro atoms. The number of hydrogen-bond acceptors (Lipinski definition) is 4. The van der Waals surface area contributed by atoms with E-state index in [1.807, 2.05) is 0 Å². The summed E-state index contributed by atoms with van der Waals surface area (Å²) in [6.07, 6.45) is 7.57. The maximum atomic E-state index is 10.0. The molecule has 0 aromatic rings. The van der Waals surface area contributed by atoms with Gasteiger partial charge < -0.3 is 19.9 Å². The molecule has 0 amide bonds. The zero-order valence-corrected chi connectivity index (χ0v) is 13.7. The molecule has 0 bridgehead atoms. The Hall–Kier alpha value is -0.160. The molecule has 124 valence electrons. The summed E-state index contributed by atoms with van der Waals surface area (Å²) in [5.41, 5.74) is 0. The maximum Gasteiger partial charge on any atom is 0.0897 e. The van der Waals surface area contributed by atoms with E-state index in [1.165, 1.54) is 19.3 Å². The Balaban J connectivity index is 1.56. The fraction of sp³-hybridized carbons (Fsp3) is 1.00. The van der Waals surface area contributed by atoms with Crippen molar-refractivity contribution in [3.05, 3.63) is 0 Å². The molecule has 2 fully saturated rings. The Kier molecular flexibility index (Phi) is 7.44. The van der Waals surface area contributed by atoms with Crippen molar-refractivity contribution in [3.8, 4) is 0 Å². The molecule has 2 rings (SSSR count). The first-order valence-electron chi connectivity index (χ1n) is 8.82. The monoisotopic (exact) mass is 299 g/mol. The highest BCUT2D eigenvalue weighted by Crippen LogP contribution is 2.26. The minimum absolute atomic E-state index is 0.348. The van der Waals surface area contributed by atoms with E-state index < -0.39 is 6.10 Å². The first-order chi connectivity index (χ1) is 10.2. The second-order valence-electron chi connectivity index (χ2n) is 6.81. The third-order valence-corrected chi connectivity index (χ3v) is 5.07. The molecule has 1 aliphatic carbocycles. The molecule has 0 aromatic heterocycles. The SMILES string of the molecule is CCC1OCCC1CNCC(O)COC1CCCCC1C. The van der Waals surface area contributed by atoms with E-state index in [0.29, 0.717) is 37.2 Å². The van der Waals surface area contributed by atoms with Crippen LogP contribution in [0.4, 0.5) is 0 Å². The maximum absolute atomic E-state index is 10.0. The van der Waals surface area contributed by atoms with Crippen molar-refractivity contribution in [2.45, 2.75) is 70.7 Å². The molecule has 1 saturated heterocycles. The van der Waals surface area contributed by atoms with Crippen LogP contribution in [0.1, 0.15) is 52.4 Å². The summed E-state index contributed by atoms with van der Waals surface area (Å²) in [5, 5.41) is 13.4. The number of ether oxygens (including phenoxy) is 2. The molecule has 5 unspecified atom stereocenters. The van der Waals surface area contributed by atoms with Crippen LogP contribution in [0.25, 0.3) is 0 Å². The van der Waals surface area contributed by atoms with Gasteiger partial charge in [0.15, 0.2) is 0 Å². The Bertz CT molecular complexity index is 287. The average Bonchev–Trinajstić information content (AvgIpc) is 2.94. The number of aliphatic hydroxyl groups excluding tert-OH is 1. The van der Waals surface area contributed by atoms with E-state index >= 15 is 0 Å². The molecule has 1 aliphatic heterocycles. The second kappa shape index (κ2) is 9.09. The van der Waals surface area contributed by atoms with E-state index in [2.05, 4.69) is 19.2 Å². The van der Waals surface area contributed by atoms with Crippen molar-refractivity contribution in [2.75, 3.05) is 26.3 Å². The molecule has 5 atom stereocenters. The van der Waals surface area contributed by atoms with Gasteiger partial charge in [-0.3, -0.25) is 0 Å². The van der Waals surface area contributed by atoms with Crippen LogP contribution in [-0.4, -0.2) is 49.7 Å². The largest absolute Gasteiger partial charge is 0.389 e. The van der Waals surface area contributed by atoms with Crippen molar-refractivity contribution in [3.63, 3.8) is 0 Å².